The zero-order chi connectivity index (χ0) is 52.1. The molecule has 66 heavy (non-hydrogen) atoms. The molecule has 0 bridgehead atoms. The molecule has 0 atom stereocenters. The molecule has 10 heteroatoms. The van der Waals surface area contributed by atoms with Crippen LogP contribution in [0.25, 0.3) is 0 Å². The zero-order valence-electron chi connectivity index (χ0n) is 48.5. The highest BCUT2D eigenvalue weighted by molar-refractivity contribution is 6.84. The summed E-state index contributed by atoms with van der Waals surface area (Å²) in [7, 11) is -11.9. The quantitative estimate of drug-likeness (QED) is 0.154. The first kappa shape index (κ1) is 62.1. The minimum atomic E-state index is -2.12. The van der Waals surface area contributed by atoms with Crippen molar-refractivity contribution in [2.75, 3.05) is 26.4 Å². The van der Waals surface area contributed by atoms with E-state index in [9.17, 15) is 0 Å². The van der Waals surface area contributed by atoms with Crippen molar-refractivity contribution in [3.8, 4) is 46.6 Å². The maximum Gasteiger partial charge on any atom is 0.192 e. The van der Waals surface area contributed by atoms with Gasteiger partial charge in [-0.1, -0.05) is 158 Å². The topological polar surface area (TPSA) is 36.9 Å². The summed E-state index contributed by atoms with van der Waals surface area (Å²) < 4.78 is 27.7. The average Bonchev–Trinajstić information content (AvgIpc) is 3.11. The Kier molecular flexibility index (Phi) is 21.1. The van der Waals surface area contributed by atoms with Crippen LogP contribution < -0.4 is 0 Å². The molecule has 0 saturated carbocycles. The van der Waals surface area contributed by atoms with Crippen LogP contribution in [0.5, 0.6) is 0 Å². The highest BCUT2D eigenvalue weighted by Gasteiger charge is 2.40. The molecule has 0 aliphatic heterocycles. The molecule has 4 nitrogen and oxygen atoms in total. The lowest BCUT2D eigenvalue weighted by molar-refractivity contribution is 0.308. The summed E-state index contributed by atoms with van der Waals surface area (Å²) >= 11 is 0. The Bertz CT molecular complexity index is 2030. The fraction of sp³-hybridized carbons (Fsp3) is 0.679. The Labute approximate surface area is 416 Å². The van der Waals surface area contributed by atoms with E-state index in [-0.39, 0.29) is 20.2 Å². The van der Waals surface area contributed by atoms with Gasteiger partial charge in [-0.15, -0.1) is 11.1 Å². The zero-order valence-corrected chi connectivity index (χ0v) is 54.5. The summed E-state index contributed by atoms with van der Waals surface area (Å²) in [4.78, 5) is 0. The van der Waals surface area contributed by atoms with Gasteiger partial charge in [0.1, 0.15) is 16.1 Å². The fourth-order valence-corrected chi connectivity index (χ4v) is 9.96. The van der Waals surface area contributed by atoms with Crippen LogP contribution in [0.15, 0.2) is 22.3 Å². The SMILES string of the molecule is Cc1c(C)c(C#C/C(CO[Si](C)(C)C(C)(C)C)=C(/C#C[Si](C)(C)C)CO[Si](C)(C)C(C)(C)C)c(C)c(C)c1C#C/C(CO[Si](C)(C)C(C)(C)C)=C(/C#C[Si](C)(C)C)CO[Si](C)(C)C(C)(C)C. The van der Waals surface area contributed by atoms with E-state index in [4.69, 9.17) is 17.7 Å². The van der Waals surface area contributed by atoms with Gasteiger partial charge in [0.15, 0.2) is 33.3 Å². The van der Waals surface area contributed by atoms with Crippen molar-refractivity contribution in [2.45, 2.75) is 223 Å². The van der Waals surface area contributed by atoms with Crippen molar-refractivity contribution in [2.24, 2.45) is 0 Å². The minimum Gasteiger partial charge on any atom is -0.412 e. The van der Waals surface area contributed by atoms with Gasteiger partial charge in [0.05, 0.1) is 26.4 Å². The van der Waals surface area contributed by atoms with Crippen LogP contribution in [0, 0.1) is 74.3 Å². The molecule has 1 aromatic carbocycles. The van der Waals surface area contributed by atoms with E-state index in [1.54, 1.807) is 0 Å². The first-order chi connectivity index (χ1) is 29.2. The molecule has 1 rings (SSSR count). The predicted octanol–water partition coefficient (Wildman–Crippen LogP) is 16.1. The van der Waals surface area contributed by atoms with Gasteiger partial charge in [-0.25, -0.2) is 0 Å². The molecule has 0 heterocycles. The van der Waals surface area contributed by atoms with Crippen molar-refractivity contribution in [3.05, 3.63) is 55.7 Å². The number of benzene rings is 1. The Morgan fingerprint density at radius 1 is 0.333 bits per heavy atom. The highest BCUT2D eigenvalue weighted by atomic mass is 28.4. The molecule has 0 unspecified atom stereocenters. The largest absolute Gasteiger partial charge is 0.412 e. The average molecular weight is 1000 g/mol. The summed E-state index contributed by atoms with van der Waals surface area (Å²) in [6.07, 6.45) is 0. The van der Waals surface area contributed by atoms with Crippen LogP contribution in [0.2, 0.25) is 112 Å². The third kappa shape index (κ3) is 18.4. The van der Waals surface area contributed by atoms with E-state index >= 15 is 0 Å². The van der Waals surface area contributed by atoms with E-state index in [1.807, 2.05) is 0 Å². The molecule has 1 aromatic rings. The maximum absolute atomic E-state index is 6.94. The van der Waals surface area contributed by atoms with E-state index in [0.717, 1.165) is 55.7 Å². The second-order valence-corrected chi connectivity index (χ2v) is 55.6. The first-order valence-electron chi connectivity index (χ1n) is 24.4. The van der Waals surface area contributed by atoms with E-state index in [2.05, 4.69) is 249 Å². The van der Waals surface area contributed by atoms with Gasteiger partial charge < -0.3 is 17.7 Å². The van der Waals surface area contributed by atoms with Crippen LogP contribution in [0.3, 0.4) is 0 Å². The maximum atomic E-state index is 6.94. The van der Waals surface area contributed by atoms with Crippen LogP contribution >= 0.6 is 0 Å². The summed E-state index contributed by atoms with van der Waals surface area (Å²) in [5, 5.41) is 0.239. The molecular weight excluding hydrogens is 905 g/mol. The molecule has 0 spiro atoms. The van der Waals surface area contributed by atoms with Crippen molar-refractivity contribution >= 4 is 49.4 Å². The van der Waals surface area contributed by atoms with Crippen LogP contribution in [-0.4, -0.2) is 75.8 Å². The smallest absolute Gasteiger partial charge is 0.192 e. The molecule has 0 aliphatic rings. The molecule has 370 valence electrons. The highest BCUT2D eigenvalue weighted by Crippen LogP contribution is 2.40. The van der Waals surface area contributed by atoms with Crippen molar-refractivity contribution < 1.29 is 17.7 Å². The van der Waals surface area contributed by atoms with E-state index in [1.165, 1.54) is 0 Å². The monoisotopic (exact) mass is 1000 g/mol. The Morgan fingerprint density at radius 2 is 0.515 bits per heavy atom. The number of rotatable bonds is 12. The van der Waals surface area contributed by atoms with Crippen molar-refractivity contribution in [1.29, 1.82) is 0 Å². The number of hydrogen-bond donors (Lipinski definition) is 0. The molecule has 0 fully saturated rings. The second-order valence-electron chi connectivity index (χ2n) is 26.9. The number of hydrogen-bond acceptors (Lipinski definition) is 4. The van der Waals surface area contributed by atoms with Gasteiger partial charge in [0.2, 0.25) is 0 Å². The Morgan fingerprint density at radius 3 is 0.682 bits per heavy atom. The van der Waals surface area contributed by atoms with E-state index in [0.29, 0.717) is 26.4 Å². The third-order valence-corrected chi connectivity index (χ3v) is 34.4. The van der Waals surface area contributed by atoms with Gasteiger partial charge in [0.25, 0.3) is 0 Å². The Balaban J connectivity index is 4.39. The van der Waals surface area contributed by atoms with Gasteiger partial charge >= 0.3 is 0 Å². The molecule has 0 N–H and O–H groups in total. The molecule has 0 aliphatic carbocycles. The fourth-order valence-electron chi connectivity index (χ4n) is 5.16. The lowest BCUT2D eigenvalue weighted by atomic mass is 9.89. The molecule has 0 amide bonds. The van der Waals surface area contributed by atoms with Gasteiger partial charge in [-0.3, -0.25) is 0 Å². The molecule has 0 saturated heterocycles. The van der Waals surface area contributed by atoms with Crippen LogP contribution in [0.1, 0.15) is 116 Å². The summed E-state index contributed by atoms with van der Waals surface area (Å²) in [5.41, 5.74) is 17.7. The van der Waals surface area contributed by atoms with Crippen molar-refractivity contribution in [1.82, 2.24) is 0 Å². The standard InChI is InChI=1S/C56H98O4Si6/c1-43-44(2)52(34-32-48(40-58-64(25,26)54(8,9)10)50(36-38-62(20,21)22)42-60-66(29,30)56(14,15)16)46(4)45(3)51(43)33-31-47(39-57-63(23,24)53(5,6)7)49(35-37-61(17,18)19)41-59-65(27,28)55(11,12)13/h39-42H2,1-30H3/b49-47+,50-48+. The van der Waals surface area contributed by atoms with Crippen LogP contribution in [0.4, 0.5) is 0 Å². The van der Waals surface area contributed by atoms with Crippen LogP contribution in [-0.2, 0) is 17.7 Å². The van der Waals surface area contributed by atoms with Gasteiger partial charge in [-0.2, -0.15) is 0 Å². The summed E-state index contributed by atoms with van der Waals surface area (Å²) in [5.74, 6) is 22.1. The first-order valence-corrected chi connectivity index (χ1v) is 43.0. The van der Waals surface area contributed by atoms with Gasteiger partial charge in [0, 0.05) is 33.4 Å². The summed E-state index contributed by atoms with van der Waals surface area (Å²) in [6.45, 7) is 70.1. The third-order valence-electron chi connectivity index (χ3n) is 14.7. The minimum absolute atomic E-state index is 0.0525. The Hall–Kier alpha value is -1.92. The lowest BCUT2D eigenvalue weighted by Crippen LogP contribution is -2.42. The van der Waals surface area contributed by atoms with Crippen molar-refractivity contribution in [3.63, 3.8) is 0 Å². The molecule has 0 aromatic heterocycles. The lowest BCUT2D eigenvalue weighted by Gasteiger charge is -2.37. The normalized spacial score (nSPS) is 14.4. The predicted molar refractivity (Wildman–Crippen MR) is 308 cm³/mol. The second kappa shape index (κ2) is 22.4. The summed E-state index contributed by atoms with van der Waals surface area (Å²) in [6, 6.07) is 0. The molecule has 0 radical (unpaired) electrons. The molecular formula is C56H98O4Si6. The van der Waals surface area contributed by atoms with Gasteiger partial charge in [-0.05, 0) is 122 Å². The van der Waals surface area contributed by atoms with E-state index < -0.39 is 49.4 Å².